The third-order valence-corrected chi connectivity index (χ3v) is 5.53. The second-order valence-corrected chi connectivity index (χ2v) is 6.45. The Hall–Kier alpha value is -1.71. The number of rotatable bonds is 3. The van der Waals surface area contributed by atoms with E-state index in [4.69, 9.17) is 10.5 Å². The fourth-order valence-corrected chi connectivity index (χ4v) is 4.62. The maximum absolute atomic E-state index is 11.6. The first-order valence-corrected chi connectivity index (χ1v) is 7.43. The summed E-state index contributed by atoms with van der Waals surface area (Å²) >= 11 is 0. The molecule has 3 fully saturated rings. The van der Waals surface area contributed by atoms with Crippen molar-refractivity contribution in [3.8, 4) is 0 Å². The molecule has 3 saturated carbocycles. The molecule has 106 valence electrons. The molecule has 0 heterocycles. The van der Waals surface area contributed by atoms with Crippen molar-refractivity contribution >= 4 is 17.3 Å². The maximum Gasteiger partial charge on any atom is 0.337 e. The Labute approximate surface area is 118 Å². The van der Waals surface area contributed by atoms with Crippen molar-refractivity contribution in [2.45, 2.75) is 25.3 Å². The number of nitrogens with two attached hydrogens (primary N) is 1. The summed E-state index contributed by atoms with van der Waals surface area (Å²) in [6.07, 6.45) is 4.24. The van der Waals surface area contributed by atoms with E-state index in [9.17, 15) is 4.79 Å². The molecule has 2 bridgehead atoms. The number of ether oxygens (including phenoxy) is 1. The Kier molecular flexibility index (Phi) is 2.50. The van der Waals surface area contributed by atoms with Gasteiger partial charge in [-0.1, -0.05) is 0 Å². The zero-order valence-electron chi connectivity index (χ0n) is 11.6. The van der Waals surface area contributed by atoms with Gasteiger partial charge in [0.2, 0.25) is 0 Å². The molecule has 1 aromatic carbocycles. The first-order valence-electron chi connectivity index (χ1n) is 7.43. The van der Waals surface area contributed by atoms with E-state index in [2.05, 4.69) is 5.32 Å². The lowest BCUT2D eigenvalue weighted by molar-refractivity contribution is 0.0601. The van der Waals surface area contributed by atoms with Crippen molar-refractivity contribution in [1.29, 1.82) is 0 Å². The number of carbonyl (C=O) groups excluding carboxylic acids is 1. The van der Waals surface area contributed by atoms with E-state index in [1.165, 1.54) is 26.4 Å². The standard InChI is InChI=1S/C16H20N2O2/c1-20-16(19)10-4-5-11(17)12(7-10)18-15-13-8-2-3-9(6-8)14(13)15/h4-5,7-9,13-15,18H,2-3,6,17H2,1H3. The van der Waals surface area contributed by atoms with Gasteiger partial charge in [0.25, 0.3) is 0 Å². The molecular formula is C16H20N2O2. The smallest absolute Gasteiger partial charge is 0.337 e. The van der Waals surface area contributed by atoms with Crippen LogP contribution in [0.2, 0.25) is 0 Å². The minimum Gasteiger partial charge on any atom is -0.465 e. The fraction of sp³-hybridized carbons (Fsp3) is 0.562. The highest BCUT2D eigenvalue weighted by Crippen LogP contribution is 2.66. The van der Waals surface area contributed by atoms with Crippen LogP contribution in [-0.4, -0.2) is 19.1 Å². The molecule has 1 aromatic rings. The van der Waals surface area contributed by atoms with Crippen molar-refractivity contribution in [3.63, 3.8) is 0 Å². The number of carbonyl (C=O) groups is 1. The summed E-state index contributed by atoms with van der Waals surface area (Å²) in [7, 11) is 1.40. The molecule has 4 nitrogen and oxygen atoms in total. The van der Waals surface area contributed by atoms with Gasteiger partial charge in [-0.25, -0.2) is 4.79 Å². The predicted molar refractivity (Wildman–Crippen MR) is 77.4 cm³/mol. The average molecular weight is 272 g/mol. The highest BCUT2D eigenvalue weighted by molar-refractivity contribution is 5.92. The molecule has 20 heavy (non-hydrogen) atoms. The Morgan fingerprint density at radius 3 is 2.65 bits per heavy atom. The summed E-state index contributed by atoms with van der Waals surface area (Å²) < 4.78 is 4.76. The Morgan fingerprint density at radius 2 is 2.00 bits per heavy atom. The number of nitrogens with one attached hydrogen (secondary N) is 1. The van der Waals surface area contributed by atoms with Gasteiger partial charge in [-0.05, 0) is 61.1 Å². The topological polar surface area (TPSA) is 64.3 Å². The van der Waals surface area contributed by atoms with Gasteiger partial charge in [0.05, 0.1) is 24.0 Å². The predicted octanol–water partition coefficient (Wildman–Crippen LogP) is 2.51. The summed E-state index contributed by atoms with van der Waals surface area (Å²) in [4.78, 5) is 11.6. The molecule has 0 aliphatic heterocycles. The number of methoxy groups -OCH3 is 1. The number of benzene rings is 1. The number of hydrogen-bond donors (Lipinski definition) is 2. The SMILES string of the molecule is COC(=O)c1ccc(N)c(NC2C3C4CCC(C4)C23)c1. The maximum atomic E-state index is 11.6. The van der Waals surface area contributed by atoms with Gasteiger partial charge in [0.15, 0.2) is 0 Å². The normalized spacial score (nSPS) is 36.5. The molecule has 4 heteroatoms. The van der Waals surface area contributed by atoms with Crippen LogP contribution in [0.3, 0.4) is 0 Å². The van der Waals surface area contributed by atoms with E-state index >= 15 is 0 Å². The number of fused-ring (bicyclic) bond motifs is 5. The van der Waals surface area contributed by atoms with Gasteiger partial charge in [-0.3, -0.25) is 0 Å². The minimum atomic E-state index is -0.316. The van der Waals surface area contributed by atoms with E-state index in [0.29, 0.717) is 17.3 Å². The van der Waals surface area contributed by atoms with Crippen molar-refractivity contribution in [2.75, 3.05) is 18.2 Å². The van der Waals surface area contributed by atoms with Crippen LogP contribution in [0.1, 0.15) is 29.6 Å². The van der Waals surface area contributed by atoms with E-state index in [-0.39, 0.29) is 5.97 Å². The van der Waals surface area contributed by atoms with Gasteiger partial charge in [0.1, 0.15) is 0 Å². The lowest BCUT2D eigenvalue weighted by Crippen LogP contribution is -2.14. The first kappa shape index (κ1) is 12.1. The van der Waals surface area contributed by atoms with Crippen molar-refractivity contribution in [2.24, 2.45) is 23.7 Å². The zero-order chi connectivity index (χ0) is 13.9. The highest BCUT2D eigenvalue weighted by Gasteiger charge is 2.65. The van der Waals surface area contributed by atoms with E-state index < -0.39 is 0 Å². The number of esters is 1. The Morgan fingerprint density at radius 1 is 1.30 bits per heavy atom. The zero-order valence-corrected chi connectivity index (χ0v) is 11.6. The van der Waals surface area contributed by atoms with Crippen molar-refractivity contribution in [1.82, 2.24) is 0 Å². The summed E-state index contributed by atoms with van der Waals surface area (Å²) in [5.74, 6) is 3.22. The fourth-order valence-electron chi connectivity index (χ4n) is 4.62. The summed E-state index contributed by atoms with van der Waals surface area (Å²) in [5, 5.41) is 3.57. The van der Waals surface area contributed by atoms with Crippen molar-refractivity contribution in [3.05, 3.63) is 23.8 Å². The third-order valence-electron chi connectivity index (χ3n) is 5.53. The van der Waals surface area contributed by atoms with Crippen LogP contribution in [0.4, 0.5) is 11.4 Å². The number of anilines is 2. The van der Waals surface area contributed by atoms with Gasteiger partial charge in [-0.15, -0.1) is 0 Å². The number of nitrogen functional groups attached to an aromatic ring is 1. The van der Waals surface area contributed by atoms with Crippen LogP contribution in [0.5, 0.6) is 0 Å². The molecule has 0 amide bonds. The van der Waals surface area contributed by atoms with Crippen LogP contribution < -0.4 is 11.1 Å². The lowest BCUT2D eigenvalue weighted by atomic mass is 10.0. The first-order chi connectivity index (χ1) is 9.69. The van der Waals surface area contributed by atoms with Gasteiger partial charge in [-0.2, -0.15) is 0 Å². The molecule has 0 saturated heterocycles. The molecule has 4 unspecified atom stereocenters. The van der Waals surface area contributed by atoms with Crippen LogP contribution in [0, 0.1) is 23.7 Å². The summed E-state index contributed by atoms with van der Waals surface area (Å²) in [6, 6.07) is 5.87. The van der Waals surface area contributed by atoms with E-state index in [1.54, 1.807) is 12.1 Å². The number of hydrogen-bond acceptors (Lipinski definition) is 4. The molecule has 3 N–H and O–H groups in total. The monoisotopic (exact) mass is 272 g/mol. The molecule has 0 spiro atoms. The van der Waals surface area contributed by atoms with E-state index in [0.717, 1.165) is 29.4 Å². The molecule has 3 aliphatic carbocycles. The van der Waals surface area contributed by atoms with E-state index in [1.807, 2.05) is 6.07 Å². The van der Waals surface area contributed by atoms with Crippen LogP contribution >= 0.6 is 0 Å². The van der Waals surface area contributed by atoms with Crippen LogP contribution in [0.25, 0.3) is 0 Å². The molecule has 3 aliphatic rings. The highest BCUT2D eigenvalue weighted by atomic mass is 16.5. The summed E-state index contributed by atoms with van der Waals surface area (Å²) in [6.45, 7) is 0. The minimum absolute atomic E-state index is 0.316. The van der Waals surface area contributed by atoms with Crippen LogP contribution in [-0.2, 0) is 4.74 Å². The Balaban J connectivity index is 1.53. The second kappa shape index (κ2) is 4.14. The summed E-state index contributed by atoms with van der Waals surface area (Å²) in [5.41, 5.74) is 8.17. The molecule has 4 atom stereocenters. The molecule has 0 aromatic heterocycles. The van der Waals surface area contributed by atoms with Crippen molar-refractivity contribution < 1.29 is 9.53 Å². The van der Waals surface area contributed by atoms with Gasteiger partial charge in [0, 0.05) is 6.04 Å². The van der Waals surface area contributed by atoms with Gasteiger partial charge < -0.3 is 15.8 Å². The van der Waals surface area contributed by atoms with Gasteiger partial charge >= 0.3 is 5.97 Å². The van der Waals surface area contributed by atoms with Crippen LogP contribution in [0.15, 0.2) is 18.2 Å². The average Bonchev–Trinajstić information content (AvgIpc) is 2.85. The third kappa shape index (κ3) is 1.63. The molecular weight excluding hydrogens is 252 g/mol. The molecule has 4 rings (SSSR count). The molecule has 0 radical (unpaired) electrons. The Bertz CT molecular complexity index is 556. The lowest BCUT2D eigenvalue weighted by Gasteiger charge is -2.14. The largest absolute Gasteiger partial charge is 0.465 e. The second-order valence-electron chi connectivity index (χ2n) is 6.45. The quantitative estimate of drug-likeness (QED) is 0.655.